The Bertz CT molecular complexity index is 1400. The number of carbonyl (C=O) groups is 2. The van der Waals surface area contributed by atoms with Gasteiger partial charge in [0.1, 0.15) is 5.82 Å². The maximum absolute atomic E-state index is 13.9. The number of nitrogens with zero attached hydrogens (tertiary/aromatic N) is 4. The number of carbonyl (C=O) groups excluding carboxylic acids is 2. The standard InChI is InChI=1S/C26H25F3N6O2/c27-26(28,29)21-7-14(1-2-15(21)11-34-12-16-8-20(16)25(34)37)10-35-13-17(9-32-35)24(36)33-22-4-3-19-18(22)5-6-31-23(19)30/h1-2,5-7,9,13,16,20,22H,3-4,8,10-12H2,(H2,30,31)(H,33,36)/t16-,20-,22?/m0/s1. The summed E-state index contributed by atoms with van der Waals surface area (Å²) in [5.41, 5.74) is 7.86. The van der Waals surface area contributed by atoms with Crippen molar-refractivity contribution in [3.8, 4) is 0 Å². The minimum atomic E-state index is -4.55. The van der Waals surface area contributed by atoms with Gasteiger partial charge in [0.25, 0.3) is 5.91 Å². The molecule has 1 saturated carbocycles. The number of fused-ring (bicyclic) bond motifs is 2. The zero-order valence-corrected chi connectivity index (χ0v) is 19.8. The molecule has 6 rings (SSSR count). The van der Waals surface area contributed by atoms with Crippen LogP contribution in [-0.4, -0.2) is 38.0 Å². The van der Waals surface area contributed by atoms with Crippen molar-refractivity contribution < 1.29 is 22.8 Å². The van der Waals surface area contributed by atoms with Crippen molar-refractivity contribution in [3.05, 3.63) is 76.2 Å². The third-order valence-corrected chi connectivity index (χ3v) is 7.58. The molecule has 1 saturated heterocycles. The van der Waals surface area contributed by atoms with Crippen LogP contribution in [0.15, 0.2) is 42.9 Å². The predicted molar refractivity (Wildman–Crippen MR) is 127 cm³/mol. The second-order valence-electron chi connectivity index (χ2n) is 10.1. The van der Waals surface area contributed by atoms with E-state index in [0.29, 0.717) is 35.8 Å². The number of pyridine rings is 1. The summed E-state index contributed by atoms with van der Waals surface area (Å²) in [5.74, 6) is 0.393. The summed E-state index contributed by atoms with van der Waals surface area (Å²) >= 11 is 0. The van der Waals surface area contributed by atoms with E-state index in [1.54, 1.807) is 12.3 Å². The first-order valence-electron chi connectivity index (χ1n) is 12.2. The third kappa shape index (κ3) is 4.42. The lowest BCUT2D eigenvalue weighted by Crippen LogP contribution is -2.29. The van der Waals surface area contributed by atoms with E-state index in [2.05, 4.69) is 15.4 Å². The fourth-order valence-corrected chi connectivity index (χ4v) is 5.54. The fourth-order valence-electron chi connectivity index (χ4n) is 5.54. The fraction of sp³-hybridized carbons (Fsp3) is 0.385. The van der Waals surface area contributed by atoms with Crippen LogP contribution < -0.4 is 11.1 Å². The Balaban J connectivity index is 1.15. The largest absolute Gasteiger partial charge is 0.416 e. The van der Waals surface area contributed by atoms with Crippen LogP contribution in [0.4, 0.5) is 19.0 Å². The number of nitrogens with two attached hydrogens (primary N) is 1. The van der Waals surface area contributed by atoms with E-state index in [9.17, 15) is 22.8 Å². The monoisotopic (exact) mass is 510 g/mol. The number of rotatable bonds is 6. The molecule has 3 atom stereocenters. The lowest BCUT2D eigenvalue weighted by Gasteiger charge is -2.21. The Morgan fingerprint density at radius 3 is 2.81 bits per heavy atom. The number of aromatic nitrogens is 3. The van der Waals surface area contributed by atoms with Gasteiger partial charge >= 0.3 is 6.18 Å². The summed E-state index contributed by atoms with van der Waals surface area (Å²) in [5, 5.41) is 7.16. The van der Waals surface area contributed by atoms with E-state index in [1.165, 1.54) is 28.0 Å². The normalized spacial score (nSPS) is 22.2. The van der Waals surface area contributed by atoms with Crippen LogP contribution in [0.3, 0.4) is 0 Å². The number of hydrogen-bond acceptors (Lipinski definition) is 5. The predicted octanol–water partition coefficient (Wildman–Crippen LogP) is 3.32. The number of piperidine rings is 1. The van der Waals surface area contributed by atoms with Crippen LogP contribution in [0, 0.1) is 11.8 Å². The van der Waals surface area contributed by atoms with E-state index in [4.69, 9.17) is 5.73 Å². The van der Waals surface area contributed by atoms with Gasteiger partial charge in [-0.15, -0.1) is 0 Å². The molecule has 1 unspecified atom stereocenters. The Morgan fingerprint density at radius 1 is 1.22 bits per heavy atom. The molecule has 3 N–H and O–H groups in total. The van der Waals surface area contributed by atoms with Crippen LogP contribution in [0.5, 0.6) is 0 Å². The van der Waals surface area contributed by atoms with Gasteiger partial charge in [0.15, 0.2) is 0 Å². The lowest BCUT2D eigenvalue weighted by atomic mass is 10.0. The topological polar surface area (TPSA) is 106 Å². The molecule has 2 aliphatic carbocycles. The Morgan fingerprint density at radius 2 is 2.05 bits per heavy atom. The Hall–Kier alpha value is -3.89. The van der Waals surface area contributed by atoms with Crippen molar-refractivity contribution in [3.63, 3.8) is 0 Å². The molecule has 11 heteroatoms. The number of alkyl halides is 3. The smallest absolute Gasteiger partial charge is 0.383 e. The number of likely N-dealkylation sites (tertiary alicyclic amines) is 1. The number of hydrogen-bond donors (Lipinski definition) is 2. The molecule has 8 nitrogen and oxygen atoms in total. The maximum Gasteiger partial charge on any atom is 0.416 e. The second kappa shape index (κ2) is 8.60. The van der Waals surface area contributed by atoms with Gasteiger partial charge in [-0.2, -0.15) is 18.3 Å². The maximum atomic E-state index is 13.9. The van der Waals surface area contributed by atoms with Gasteiger partial charge in [0.05, 0.1) is 29.9 Å². The number of halogens is 3. The van der Waals surface area contributed by atoms with Crippen LogP contribution in [-0.2, 0) is 30.5 Å². The first-order valence-corrected chi connectivity index (χ1v) is 12.2. The van der Waals surface area contributed by atoms with Crippen molar-refractivity contribution in [1.82, 2.24) is 25.0 Å². The van der Waals surface area contributed by atoms with Crippen molar-refractivity contribution in [2.75, 3.05) is 12.3 Å². The van der Waals surface area contributed by atoms with Gasteiger partial charge in [-0.1, -0.05) is 12.1 Å². The highest BCUT2D eigenvalue weighted by molar-refractivity contribution is 5.94. The molecule has 37 heavy (non-hydrogen) atoms. The van der Waals surface area contributed by atoms with E-state index in [0.717, 1.165) is 30.0 Å². The molecule has 3 aromatic rings. The van der Waals surface area contributed by atoms with Crippen molar-refractivity contribution in [1.29, 1.82) is 0 Å². The number of benzene rings is 1. The first-order chi connectivity index (χ1) is 17.7. The molecule has 2 fully saturated rings. The number of nitrogens with one attached hydrogen (secondary N) is 1. The minimum Gasteiger partial charge on any atom is -0.383 e. The van der Waals surface area contributed by atoms with E-state index in [-0.39, 0.29) is 42.4 Å². The van der Waals surface area contributed by atoms with Gasteiger partial charge in [-0.3, -0.25) is 14.3 Å². The summed E-state index contributed by atoms with van der Waals surface area (Å²) in [4.78, 5) is 30.7. The minimum absolute atomic E-state index is 0.00150. The van der Waals surface area contributed by atoms with Gasteiger partial charge in [-0.05, 0) is 59.6 Å². The zero-order valence-electron chi connectivity index (χ0n) is 19.8. The summed E-state index contributed by atoms with van der Waals surface area (Å²) in [6, 6.07) is 5.81. The molecule has 3 aliphatic rings. The Labute approximate surface area is 210 Å². The van der Waals surface area contributed by atoms with Gasteiger partial charge in [-0.25, -0.2) is 4.98 Å². The number of nitrogen functional groups attached to an aromatic ring is 1. The van der Waals surface area contributed by atoms with E-state index >= 15 is 0 Å². The molecule has 3 heterocycles. The molecule has 192 valence electrons. The highest BCUT2D eigenvalue weighted by Gasteiger charge is 2.52. The van der Waals surface area contributed by atoms with Crippen LogP contribution >= 0.6 is 0 Å². The quantitative estimate of drug-likeness (QED) is 0.529. The molecular formula is C26H25F3N6O2. The lowest BCUT2D eigenvalue weighted by molar-refractivity contribution is -0.139. The molecule has 1 aromatic carbocycles. The zero-order chi connectivity index (χ0) is 25.9. The highest BCUT2D eigenvalue weighted by Crippen LogP contribution is 2.46. The Kier molecular flexibility index (Phi) is 5.46. The van der Waals surface area contributed by atoms with Crippen LogP contribution in [0.1, 0.15) is 57.1 Å². The second-order valence-corrected chi connectivity index (χ2v) is 10.1. The summed E-state index contributed by atoms with van der Waals surface area (Å²) in [6.45, 7) is 0.550. The summed E-state index contributed by atoms with van der Waals surface area (Å²) < 4.78 is 43.0. The van der Waals surface area contributed by atoms with Gasteiger partial charge in [0, 0.05) is 31.4 Å². The van der Waals surface area contributed by atoms with Gasteiger partial charge in [0.2, 0.25) is 5.91 Å². The van der Waals surface area contributed by atoms with E-state index in [1.807, 2.05) is 6.07 Å². The molecule has 0 radical (unpaired) electrons. The summed E-state index contributed by atoms with van der Waals surface area (Å²) in [6.07, 6.45) is 2.26. The number of anilines is 1. The molecular weight excluding hydrogens is 485 g/mol. The van der Waals surface area contributed by atoms with Crippen LogP contribution in [0.2, 0.25) is 0 Å². The van der Waals surface area contributed by atoms with Crippen LogP contribution in [0.25, 0.3) is 0 Å². The molecule has 2 amide bonds. The summed E-state index contributed by atoms with van der Waals surface area (Å²) in [7, 11) is 0. The number of amides is 2. The van der Waals surface area contributed by atoms with Crippen molar-refractivity contribution in [2.24, 2.45) is 11.8 Å². The van der Waals surface area contributed by atoms with E-state index < -0.39 is 11.7 Å². The average molecular weight is 511 g/mol. The van der Waals surface area contributed by atoms with Gasteiger partial charge < -0.3 is 16.0 Å². The molecule has 0 bridgehead atoms. The first kappa shape index (κ1) is 23.5. The highest BCUT2D eigenvalue weighted by atomic mass is 19.4. The average Bonchev–Trinajstić information content (AvgIpc) is 3.13. The van der Waals surface area contributed by atoms with Crippen molar-refractivity contribution >= 4 is 17.6 Å². The molecule has 1 aliphatic heterocycles. The molecule has 0 spiro atoms. The SMILES string of the molecule is Nc1nccc2c1CCC2NC(=O)c1cnn(Cc2ccc(CN3C[C@@H]4C[C@@H]4C3=O)c(C(F)(F)F)c2)c1. The molecule has 2 aromatic heterocycles. The van der Waals surface area contributed by atoms with Crippen molar-refractivity contribution in [2.45, 2.75) is 44.6 Å². The third-order valence-electron chi connectivity index (χ3n) is 7.58.